The molecule has 5 heteroatoms. The maximum Gasteiger partial charge on any atom is 0.246 e. The molecule has 0 bridgehead atoms. The summed E-state index contributed by atoms with van der Waals surface area (Å²) in [4.78, 5) is 0.328. The lowest BCUT2D eigenvalue weighted by Gasteiger charge is -2.19. The van der Waals surface area contributed by atoms with Crippen LogP contribution in [0.25, 0.3) is 0 Å². The van der Waals surface area contributed by atoms with E-state index in [1.807, 2.05) is 19.9 Å². The van der Waals surface area contributed by atoms with Crippen molar-refractivity contribution in [2.45, 2.75) is 57.8 Å². The van der Waals surface area contributed by atoms with E-state index < -0.39 is 10.0 Å². The van der Waals surface area contributed by atoms with Crippen LogP contribution in [0.1, 0.15) is 50.2 Å². The summed E-state index contributed by atoms with van der Waals surface area (Å²) in [5.41, 5.74) is 2.05. The Hall–Kier alpha value is -1.07. The average Bonchev–Trinajstić information content (AvgIpc) is 3.01. The molecule has 0 aromatic heterocycles. The van der Waals surface area contributed by atoms with E-state index in [1.54, 1.807) is 10.4 Å². The first kappa shape index (κ1) is 17.3. The van der Waals surface area contributed by atoms with Gasteiger partial charge in [-0.15, -0.1) is 0 Å². The van der Waals surface area contributed by atoms with Crippen molar-refractivity contribution in [1.82, 2.24) is 4.31 Å². The van der Waals surface area contributed by atoms with E-state index in [4.69, 9.17) is 4.74 Å². The minimum atomic E-state index is -3.44. The third-order valence-corrected chi connectivity index (χ3v) is 6.17. The second kappa shape index (κ2) is 7.47. The van der Waals surface area contributed by atoms with E-state index in [-0.39, 0.29) is 0 Å². The molecule has 124 valence electrons. The normalized spacial score (nSPS) is 16.1. The number of rotatable bonds is 7. The maximum absolute atomic E-state index is 12.9. The number of benzene rings is 1. The van der Waals surface area contributed by atoms with Crippen LogP contribution < -0.4 is 4.74 Å². The summed E-state index contributed by atoms with van der Waals surface area (Å²) in [7, 11) is -3.44. The second-order valence-corrected chi connectivity index (χ2v) is 7.96. The predicted molar refractivity (Wildman–Crippen MR) is 88.9 cm³/mol. The Morgan fingerprint density at radius 1 is 1.09 bits per heavy atom. The fourth-order valence-electron chi connectivity index (χ4n) is 2.68. The molecule has 0 N–H and O–H groups in total. The largest absolute Gasteiger partial charge is 0.492 e. The Labute approximate surface area is 134 Å². The summed E-state index contributed by atoms with van der Waals surface area (Å²) < 4.78 is 33.1. The summed E-state index contributed by atoms with van der Waals surface area (Å²) in [6.45, 7) is 7.87. The smallest absolute Gasteiger partial charge is 0.246 e. The molecule has 0 radical (unpaired) electrons. The van der Waals surface area contributed by atoms with Crippen LogP contribution in [0.15, 0.2) is 17.0 Å². The molecule has 1 aromatic carbocycles. The molecule has 1 aromatic rings. The molecular formula is C17H27NO3S. The zero-order chi connectivity index (χ0) is 16.2. The van der Waals surface area contributed by atoms with E-state index in [9.17, 15) is 8.42 Å². The van der Waals surface area contributed by atoms with Gasteiger partial charge in [0.1, 0.15) is 10.6 Å². The van der Waals surface area contributed by atoms with Crippen LogP contribution in [0.4, 0.5) is 0 Å². The molecule has 0 saturated carbocycles. The topological polar surface area (TPSA) is 46.6 Å². The van der Waals surface area contributed by atoms with Crippen molar-refractivity contribution in [3.63, 3.8) is 0 Å². The molecule has 0 atom stereocenters. The third-order valence-electron chi connectivity index (χ3n) is 4.25. The van der Waals surface area contributed by atoms with Crippen LogP contribution in [0.3, 0.4) is 0 Å². The molecule has 1 fully saturated rings. The van der Waals surface area contributed by atoms with Crippen molar-refractivity contribution in [1.29, 1.82) is 0 Å². The zero-order valence-corrected chi connectivity index (χ0v) is 14.7. The van der Waals surface area contributed by atoms with Gasteiger partial charge >= 0.3 is 0 Å². The van der Waals surface area contributed by atoms with Crippen LogP contribution >= 0.6 is 0 Å². The van der Waals surface area contributed by atoms with Gasteiger partial charge in [0.25, 0.3) is 0 Å². The van der Waals surface area contributed by atoms with Crippen molar-refractivity contribution in [3.8, 4) is 5.75 Å². The molecule has 1 aliphatic heterocycles. The van der Waals surface area contributed by atoms with E-state index in [0.717, 1.165) is 43.2 Å². The van der Waals surface area contributed by atoms with E-state index in [1.165, 1.54) is 0 Å². The van der Waals surface area contributed by atoms with Gasteiger partial charge < -0.3 is 4.74 Å². The number of unbranched alkanes of at least 4 members (excludes halogenated alkanes) is 2. The first-order valence-corrected chi connectivity index (χ1v) is 9.65. The van der Waals surface area contributed by atoms with Crippen molar-refractivity contribution in [2.75, 3.05) is 19.7 Å². The lowest BCUT2D eigenvalue weighted by molar-refractivity contribution is 0.297. The molecule has 0 spiro atoms. The van der Waals surface area contributed by atoms with Crippen LogP contribution in [-0.2, 0) is 10.0 Å². The first-order valence-electron chi connectivity index (χ1n) is 8.21. The summed E-state index contributed by atoms with van der Waals surface area (Å²) in [6, 6.07) is 3.63. The van der Waals surface area contributed by atoms with Crippen molar-refractivity contribution < 1.29 is 13.2 Å². The maximum atomic E-state index is 12.9. The lowest BCUT2D eigenvalue weighted by atomic mass is 10.1. The second-order valence-electron chi connectivity index (χ2n) is 6.05. The zero-order valence-electron chi connectivity index (χ0n) is 13.9. The SMILES string of the molecule is CCCCCOc1cc(C)c(C)cc1S(=O)(=O)N1CCCC1. The van der Waals surface area contributed by atoms with Crippen LogP contribution in [-0.4, -0.2) is 32.4 Å². The number of nitrogens with zero attached hydrogens (tertiary/aromatic N) is 1. The Kier molecular flexibility index (Phi) is 5.87. The van der Waals surface area contributed by atoms with E-state index >= 15 is 0 Å². The Bertz CT molecular complexity index is 605. The molecule has 1 saturated heterocycles. The number of sulfonamides is 1. The van der Waals surface area contributed by atoms with Crippen LogP contribution in [0, 0.1) is 13.8 Å². The molecular weight excluding hydrogens is 298 g/mol. The van der Waals surface area contributed by atoms with Crippen LogP contribution in [0.5, 0.6) is 5.75 Å². The quantitative estimate of drug-likeness (QED) is 0.719. The Balaban J connectivity index is 2.29. The van der Waals surface area contributed by atoms with Gasteiger partial charge in [-0.25, -0.2) is 8.42 Å². The number of hydrogen-bond donors (Lipinski definition) is 0. The van der Waals surface area contributed by atoms with Gasteiger partial charge in [-0.1, -0.05) is 19.8 Å². The van der Waals surface area contributed by atoms with E-state index in [2.05, 4.69) is 6.92 Å². The summed E-state index contributed by atoms with van der Waals surface area (Å²) in [6.07, 6.45) is 5.05. The standard InChI is InChI=1S/C17H27NO3S/c1-4-5-8-11-21-16-12-14(2)15(3)13-17(16)22(19,20)18-9-6-7-10-18/h12-13H,4-11H2,1-3H3. The fourth-order valence-corrected chi connectivity index (χ4v) is 4.39. The van der Waals surface area contributed by atoms with Crippen LogP contribution in [0.2, 0.25) is 0 Å². The fraction of sp³-hybridized carbons (Fsp3) is 0.647. The predicted octanol–water partition coefficient (Wildman–Crippen LogP) is 3.66. The monoisotopic (exact) mass is 325 g/mol. The summed E-state index contributed by atoms with van der Waals surface area (Å²) in [5, 5.41) is 0. The van der Waals surface area contributed by atoms with Gasteiger partial charge in [-0.3, -0.25) is 0 Å². The molecule has 2 rings (SSSR count). The highest BCUT2D eigenvalue weighted by molar-refractivity contribution is 7.89. The third kappa shape index (κ3) is 3.82. The van der Waals surface area contributed by atoms with Gasteiger partial charge in [-0.2, -0.15) is 4.31 Å². The van der Waals surface area contributed by atoms with Gasteiger partial charge in [0.2, 0.25) is 10.0 Å². The lowest BCUT2D eigenvalue weighted by Crippen LogP contribution is -2.28. The first-order chi connectivity index (χ1) is 10.5. The minimum Gasteiger partial charge on any atom is -0.492 e. The molecule has 22 heavy (non-hydrogen) atoms. The molecule has 0 aliphatic carbocycles. The molecule has 1 aliphatic rings. The van der Waals surface area contributed by atoms with Gasteiger partial charge in [0.05, 0.1) is 6.61 Å². The van der Waals surface area contributed by atoms with E-state index in [0.29, 0.717) is 30.3 Å². The van der Waals surface area contributed by atoms with Crippen molar-refractivity contribution in [3.05, 3.63) is 23.3 Å². The summed E-state index contributed by atoms with van der Waals surface area (Å²) in [5.74, 6) is 0.506. The molecule has 0 amide bonds. The molecule has 0 unspecified atom stereocenters. The van der Waals surface area contributed by atoms with Gasteiger partial charge in [0.15, 0.2) is 0 Å². The summed E-state index contributed by atoms with van der Waals surface area (Å²) >= 11 is 0. The van der Waals surface area contributed by atoms with Gasteiger partial charge in [-0.05, 0) is 56.4 Å². The Morgan fingerprint density at radius 3 is 2.36 bits per heavy atom. The number of hydrogen-bond acceptors (Lipinski definition) is 3. The average molecular weight is 325 g/mol. The van der Waals surface area contributed by atoms with Gasteiger partial charge in [0, 0.05) is 13.1 Å². The Morgan fingerprint density at radius 2 is 1.73 bits per heavy atom. The molecule has 1 heterocycles. The molecule has 4 nitrogen and oxygen atoms in total. The highest BCUT2D eigenvalue weighted by atomic mass is 32.2. The highest BCUT2D eigenvalue weighted by Crippen LogP contribution is 2.31. The number of ether oxygens (including phenoxy) is 1. The minimum absolute atomic E-state index is 0.328. The van der Waals surface area contributed by atoms with Crippen molar-refractivity contribution >= 4 is 10.0 Å². The highest BCUT2D eigenvalue weighted by Gasteiger charge is 2.30. The number of aryl methyl sites for hydroxylation is 2. The van der Waals surface area contributed by atoms with Crippen molar-refractivity contribution in [2.24, 2.45) is 0 Å².